The molecule has 6 aromatic carbocycles. The van der Waals surface area contributed by atoms with Gasteiger partial charge >= 0.3 is 59.1 Å². The summed E-state index contributed by atoms with van der Waals surface area (Å²) in [5, 5.41) is 50.8. The van der Waals surface area contributed by atoms with E-state index in [0.717, 1.165) is 35.9 Å². The number of nitrogens with zero attached hydrogens (tertiary/aromatic N) is 2. The van der Waals surface area contributed by atoms with Gasteiger partial charge in [0.25, 0.3) is 5.91 Å². The number of ether oxygens (including phenoxy) is 3. The summed E-state index contributed by atoms with van der Waals surface area (Å²) in [6, 6.07) is 23.9. The van der Waals surface area contributed by atoms with E-state index >= 15 is 0 Å². The number of aryl methyl sites for hydroxylation is 2. The van der Waals surface area contributed by atoms with Crippen molar-refractivity contribution in [2.45, 2.75) is 37.0 Å². The first-order valence-corrected chi connectivity index (χ1v) is 20.6. The van der Waals surface area contributed by atoms with Gasteiger partial charge in [-0.15, -0.1) is 5.11 Å². The second-order valence-electron chi connectivity index (χ2n) is 13.4. The van der Waals surface area contributed by atoms with Crippen molar-refractivity contribution in [3.05, 3.63) is 108 Å². The molecule has 0 aromatic heterocycles. The molecule has 4 N–H and O–H groups in total. The van der Waals surface area contributed by atoms with E-state index in [1.165, 1.54) is 12.1 Å². The van der Waals surface area contributed by atoms with E-state index in [-0.39, 0.29) is 111 Å². The third kappa shape index (κ3) is 13.3. The topological polar surface area (TPSA) is 250 Å². The number of phenols is 2. The second-order valence-corrected chi connectivity index (χ2v) is 15.6. The van der Waals surface area contributed by atoms with Crippen LogP contribution >= 0.6 is 12.0 Å². The molecular weight excluding hydrogens is 879 g/mol. The Morgan fingerprint density at radius 2 is 1.51 bits per heavy atom. The van der Waals surface area contributed by atoms with Crippen LogP contribution in [-0.4, -0.2) is 61.4 Å². The Morgan fingerprint density at radius 1 is 0.810 bits per heavy atom. The minimum Gasteiger partial charge on any atom is -0.744 e. The van der Waals surface area contributed by atoms with Gasteiger partial charge in [0.05, 0.1) is 45.4 Å². The zero-order valence-corrected chi connectivity index (χ0v) is 40.4. The molecule has 0 heterocycles. The fourth-order valence-electron chi connectivity index (χ4n) is 6.26. The average molecular weight is 917 g/mol. The number of carbonyl (C=O) groups excluding carboxylic acids is 2. The third-order valence-electron chi connectivity index (χ3n) is 9.00. The SMILES string of the molecule is CC(=O)Nc1cc(S(=O)(=O)[O-])cc2cc(SOO[O-])c(N=Nc3ccc(OCCOc4cc(C(=O)NCCCOc5ccc(C)cc5C)c(O)c5ccccc45)cc3)c(O)c12.[Na+].[Na+]. The first-order valence-electron chi connectivity index (χ1n) is 18.4. The molecule has 0 fully saturated rings. The maximum Gasteiger partial charge on any atom is 1.00 e. The molecule has 17 nitrogen and oxygen atoms in total. The first-order chi connectivity index (χ1) is 29.2. The van der Waals surface area contributed by atoms with E-state index in [2.05, 4.69) is 30.2 Å². The number of nitrogens with one attached hydrogen (secondary N) is 2. The number of amides is 2. The zero-order valence-electron chi connectivity index (χ0n) is 34.8. The zero-order chi connectivity index (χ0) is 43.7. The molecule has 2 amide bonds. The molecule has 0 atom stereocenters. The van der Waals surface area contributed by atoms with Crippen LogP contribution in [0.1, 0.15) is 34.8 Å². The van der Waals surface area contributed by atoms with Gasteiger partial charge in [0.1, 0.15) is 52.0 Å². The van der Waals surface area contributed by atoms with Gasteiger partial charge in [-0.1, -0.05) is 42.0 Å². The Labute approximate surface area is 410 Å². The minimum absolute atomic E-state index is 0. The molecule has 0 unspecified atom stereocenters. The maximum atomic E-state index is 13.2. The molecule has 6 aromatic rings. The van der Waals surface area contributed by atoms with Crippen LogP contribution in [0.3, 0.4) is 0 Å². The van der Waals surface area contributed by atoms with E-state index in [4.69, 9.17) is 14.2 Å². The molecule has 318 valence electrons. The summed E-state index contributed by atoms with van der Waals surface area (Å²) in [7, 11) is -4.98. The number of aromatic hydroxyl groups is 2. The normalized spacial score (nSPS) is 11.2. The van der Waals surface area contributed by atoms with Crippen molar-refractivity contribution in [3.63, 3.8) is 0 Å². The van der Waals surface area contributed by atoms with Crippen LogP contribution in [0.5, 0.6) is 28.7 Å². The number of fused-ring (bicyclic) bond motifs is 2. The quantitative estimate of drug-likeness (QED) is 0.0180. The van der Waals surface area contributed by atoms with Crippen LogP contribution in [0.2, 0.25) is 0 Å². The van der Waals surface area contributed by atoms with Gasteiger partial charge in [-0.05, 0) is 85.8 Å². The van der Waals surface area contributed by atoms with E-state index in [1.807, 2.05) is 32.0 Å². The van der Waals surface area contributed by atoms with Crippen molar-refractivity contribution >= 4 is 72.6 Å². The van der Waals surface area contributed by atoms with Gasteiger partial charge in [-0.2, -0.15) is 9.45 Å². The molecule has 21 heteroatoms. The van der Waals surface area contributed by atoms with E-state index in [1.54, 1.807) is 48.5 Å². The molecule has 0 saturated heterocycles. The fourth-order valence-corrected chi connectivity index (χ4v) is 7.29. The van der Waals surface area contributed by atoms with Gasteiger partial charge in [0.15, 0.2) is 5.75 Å². The summed E-state index contributed by atoms with van der Waals surface area (Å²) in [6.45, 7) is 6.02. The molecule has 0 aliphatic rings. The van der Waals surface area contributed by atoms with Crippen LogP contribution in [0, 0.1) is 13.8 Å². The molecule has 6 rings (SSSR count). The van der Waals surface area contributed by atoms with Crippen molar-refractivity contribution < 1.29 is 121 Å². The molecule has 0 spiro atoms. The van der Waals surface area contributed by atoms with Gasteiger partial charge in [-0.25, -0.2) is 8.42 Å². The van der Waals surface area contributed by atoms with Crippen molar-refractivity contribution in [2.75, 3.05) is 31.7 Å². The van der Waals surface area contributed by atoms with E-state index in [9.17, 15) is 38.0 Å². The van der Waals surface area contributed by atoms with Gasteiger partial charge in [0.2, 0.25) is 5.91 Å². The summed E-state index contributed by atoms with van der Waals surface area (Å²) in [5.41, 5.74) is 2.10. The smallest absolute Gasteiger partial charge is 0.744 e. The number of rotatable bonds is 18. The Bertz CT molecular complexity index is 2740. The minimum atomic E-state index is -4.98. The molecule has 63 heavy (non-hydrogen) atoms. The molecule has 0 saturated carbocycles. The van der Waals surface area contributed by atoms with Crippen LogP contribution < -0.4 is 89.2 Å². The summed E-state index contributed by atoms with van der Waals surface area (Å²) < 4.78 is 57.6. The van der Waals surface area contributed by atoms with Gasteiger partial charge in [0, 0.05) is 29.6 Å². The summed E-state index contributed by atoms with van der Waals surface area (Å²) in [6.07, 6.45) is 0.547. The largest absolute Gasteiger partial charge is 1.00 e. The number of carbonyl (C=O) groups is 2. The monoisotopic (exact) mass is 916 g/mol. The molecular formula is C42H38N4Na2O13S2. The van der Waals surface area contributed by atoms with Crippen molar-refractivity contribution in [1.82, 2.24) is 5.32 Å². The predicted octanol–water partition coefficient (Wildman–Crippen LogP) is 1.19. The first kappa shape index (κ1) is 51.2. The Balaban J connectivity index is 0.00000436. The fraction of sp³-hybridized carbons (Fsp3) is 0.190. The number of phenolic OH excluding ortho intramolecular Hbond substituents is 2. The summed E-state index contributed by atoms with van der Waals surface area (Å²) in [4.78, 5) is 24.4. The average Bonchev–Trinajstić information content (AvgIpc) is 3.22. The molecule has 0 aliphatic carbocycles. The summed E-state index contributed by atoms with van der Waals surface area (Å²) >= 11 is 0.332. The number of hydrogen-bond acceptors (Lipinski definition) is 16. The van der Waals surface area contributed by atoms with Crippen LogP contribution in [0.15, 0.2) is 111 Å². The maximum absolute atomic E-state index is 13.2. The number of hydrogen-bond donors (Lipinski definition) is 4. The van der Waals surface area contributed by atoms with Crippen molar-refractivity contribution in [2.24, 2.45) is 10.2 Å². The third-order valence-corrected chi connectivity index (χ3v) is 10.4. The van der Waals surface area contributed by atoms with Gasteiger partial charge < -0.3 is 44.9 Å². The summed E-state index contributed by atoms with van der Waals surface area (Å²) in [5.74, 6) is -0.240. The van der Waals surface area contributed by atoms with Crippen LogP contribution in [0.25, 0.3) is 21.5 Å². The van der Waals surface area contributed by atoms with Crippen molar-refractivity contribution in [1.29, 1.82) is 0 Å². The molecule has 0 bridgehead atoms. The Hall–Kier alpha value is -4.48. The van der Waals surface area contributed by atoms with E-state index in [0.29, 0.717) is 59.6 Å². The number of benzene rings is 6. The van der Waals surface area contributed by atoms with Crippen LogP contribution in [0.4, 0.5) is 17.1 Å². The van der Waals surface area contributed by atoms with Crippen LogP contribution in [-0.2, 0) is 24.3 Å². The van der Waals surface area contributed by atoms with E-state index < -0.39 is 32.6 Å². The Morgan fingerprint density at radius 3 is 2.19 bits per heavy atom. The standard InChI is InChI=1S/C42H40N4O13S2.2Na/c1-24-9-14-35(25(2)19-24)56-16-6-15-43-42(50)33-23-36(31-7-4-5-8-32(31)40(33)48)57-18-17-55-29-12-10-28(11-13-29)45-46-39-37(60-59-58-51)21-27-20-30(61(52,53)54)22-34(44-26(3)47)38(27)41(39)49;;/h4-5,7-14,19-23,48-49,51H,6,15-18H2,1-3H3,(H,43,50)(H,44,47)(H,52,53,54);;/q;2*+1/p-2. The number of anilines is 1. The predicted molar refractivity (Wildman–Crippen MR) is 221 cm³/mol. The Kier molecular flexibility index (Phi) is 19.0. The van der Waals surface area contributed by atoms with Gasteiger partial charge in [-0.3, -0.25) is 14.6 Å². The van der Waals surface area contributed by atoms with Crippen molar-refractivity contribution in [3.8, 4) is 28.7 Å². The molecule has 0 aliphatic heterocycles. The second kappa shape index (κ2) is 23.4. The molecule has 0 radical (unpaired) electrons. The number of azo groups is 1.